The summed E-state index contributed by atoms with van der Waals surface area (Å²) >= 11 is 2.64. The number of hydrogen-bond acceptors (Lipinski definition) is 3. The van der Waals surface area contributed by atoms with Crippen LogP contribution in [0.4, 0.5) is 8.78 Å². The lowest BCUT2D eigenvalue weighted by Gasteiger charge is -2.06. The molecule has 0 atom stereocenters. The lowest BCUT2D eigenvalue weighted by atomic mass is 10.1. The number of benzene rings is 1. The van der Waals surface area contributed by atoms with Gasteiger partial charge in [-0.2, -0.15) is 0 Å². The lowest BCUT2D eigenvalue weighted by molar-refractivity contribution is 0.0978. The molecule has 0 fully saturated rings. The molecule has 0 saturated heterocycles. The van der Waals surface area contributed by atoms with Crippen molar-refractivity contribution in [3.05, 3.63) is 27.7 Å². The van der Waals surface area contributed by atoms with Crippen molar-refractivity contribution in [1.29, 1.82) is 0 Å². The summed E-state index contributed by atoms with van der Waals surface area (Å²) in [6.45, 7) is 0.0344. The molecule has 3 N–H and O–H groups in total. The van der Waals surface area contributed by atoms with Crippen molar-refractivity contribution in [2.75, 3.05) is 6.54 Å². The number of carbonyl (C=O) groups excluding carboxylic acids is 1. The lowest BCUT2D eigenvalue weighted by Crippen LogP contribution is -2.10. The van der Waals surface area contributed by atoms with E-state index in [4.69, 9.17) is 5.73 Å². The maximum atomic E-state index is 13.4. The SMILES string of the molecule is NCCC(=O)c1c(O)cc(F)c(Br)c1F. The van der Waals surface area contributed by atoms with Crippen LogP contribution in [-0.4, -0.2) is 17.4 Å². The van der Waals surface area contributed by atoms with Gasteiger partial charge in [0.1, 0.15) is 11.6 Å². The molecule has 15 heavy (non-hydrogen) atoms. The van der Waals surface area contributed by atoms with E-state index in [0.717, 1.165) is 0 Å². The molecular formula is C9H8BrF2NO2. The van der Waals surface area contributed by atoms with Crippen LogP contribution in [0.2, 0.25) is 0 Å². The molecule has 0 spiro atoms. The van der Waals surface area contributed by atoms with Gasteiger partial charge in [0, 0.05) is 12.5 Å². The van der Waals surface area contributed by atoms with E-state index in [0.29, 0.717) is 6.07 Å². The number of carbonyl (C=O) groups is 1. The number of aromatic hydroxyl groups is 1. The summed E-state index contributed by atoms with van der Waals surface area (Å²) in [5.41, 5.74) is 4.59. The van der Waals surface area contributed by atoms with E-state index in [-0.39, 0.29) is 13.0 Å². The van der Waals surface area contributed by atoms with E-state index in [1.165, 1.54) is 0 Å². The minimum Gasteiger partial charge on any atom is -0.507 e. The summed E-state index contributed by atoms with van der Waals surface area (Å²) in [4.78, 5) is 11.3. The van der Waals surface area contributed by atoms with Gasteiger partial charge >= 0.3 is 0 Å². The van der Waals surface area contributed by atoms with E-state index in [1.807, 2.05) is 0 Å². The number of rotatable bonds is 3. The van der Waals surface area contributed by atoms with Gasteiger partial charge < -0.3 is 10.8 Å². The maximum absolute atomic E-state index is 13.4. The summed E-state index contributed by atoms with van der Waals surface area (Å²) in [6.07, 6.45) is -0.109. The molecular weight excluding hydrogens is 272 g/mol. The average molecular weight is 280 g/mol. The van der Waals surface area contributed by atoms with Crippen molar-refractivity contribution < 1.29 is 18.7 Å². The van der Waals surface area contributed by atoms with Gasteiger partial charge in [0.25, 0.3) is 0 Å². The first kappa shape index (κ1) is 12.1. The molecule has 0 saturated carbocycles. The Morgan fingerprint density at radius 3 is 2.67 bits per heavy atom. The zero-order valence-electron chi connectivity index (χ0n) is 7.56. The normalized spacial score (nSPS) is 10.4. The molecule has 1 aromatic rings. The molecule has 0 aromatic heterocycles. The summed E-state index contributed by atoms with van der Waals surface area (Å²) in [7, 11) is 0. The van der Waals surface area contributed by atoms with Gasteiger partial charge in [-0.25, -0.2) is 8.78 Å². The zero-order valence-corrected chi connectivity index (χ0v) is 9.14. The summed E-state index contributed by atoms with van der Waals surface area (Å²) < 4.78 is 25.8. The number of nitrogens with two attached hydrogens (primary N) is 1. The number of halogens is 3. The Hall–Kier alpha value is -1.01. The third-order valence-corrected chi connectivity index (χ3v) is 2.52. The summed E-state index contributed by atoms with van der Waals surface area (Å²) in [5, 5.41) is 9.23. The molecule has 0 amide bonds. The highest BCUT2D eigenvalue weighted by Crippen LogP contribution is 2.30. The topological polar surface area (TPSA) is 63.3 Å². The average Bonchev–Trinajstić information content (AvgIpc) is 2.15. The van der Waals surface area contributed by atoms with E-state index >= 15 is 0 Å². The van der Waals surface area contributed by atoms with Crippen molar-refractivity contribution in [3.63, 3.8) is 0 Å². The monoisotopic (exact) mass is 279 g/mol. The third-order valence-electron chi connectivity index (χ3n) is 1.79. The van der Waals surface area contributed by atoms with E-state index in [1.54, 1.807) is 0 Å². The largest absolute Gasteiger partial charge is 0.507 e. The first-order chi connectivity index (χ1) is 6.99. The Morgan fingerprint density at radius 1 is 1.53 bits per heavy atom. The Balaban J connectivity index is 3.29. The number of phenolic OH excluding ortho intramolecular Hbond substituents is 1. The Kier molecular flexibility index (Phi) is 3.76. The van der Waals surface area contributed by atoms with Crippen LogP contribution < -0.4 is 5.73 Å². The van der Waals surface area contributed by atoms with Crippen LogP contribution in [0.25, 0.3) is 0 Å². The van der Waals surface area contributed by atoms with E-state index in [9.17, 15) is 18.7 Å². The summed E-state index contributed by atoms with van der Waals surface area (Å²) in [6, 6.07) is 0.677. The smallest absolute Gasteiger partial charge is 0.170 e. The molecule has 0 radical (unpaired) electrons. The van der Waals surface area contributed by atoms with Crippen molar-refractivity contribution >= 4 is 21.7 Å². The highest BCUT2D eigenvalue weighted by atomic mass is 79.9. The third kappa shape index (κ3) is 2.32. The molecule has 0 unspecified atom stereocenters. The number of hydrogen-bond donors (Lipinski definition) is 2. The van der Waals surface area contributed by atoms with Gasteiger partial charge in [0.05, 0.1) is 10.0 Å². The van der Waals surface area contributed by atoms with Crippen LogP contribution >= 0.6 is 15.9 Å². The van der Waals surface area contributed by atoms with E-state index in [2.05, 4.69) is 15.9 Å². The zero-order chi connectivity index (χ0) is 11.6. The van der Waals surface area contributed by atoms with Gasteiger partial charge in [-0.3, -0.25) is 4.79 Å². The molecule has 0 aliphatic carbocycles. The van der Waals surface area contributed by atoms with Gasteiger partial charge in [-0.15, -0.1) is 0 Å². The molecule has 0 aliphatic heterocycles. The number of Topliss-reactive ketones (excluding diaryl/α,β-unsaturated/α-hetero) is 1. The van der Waals surface area contributed by atoms with Crippen LogP contribution in [0.15, 0.2) is 10.5 Å². The molecule has 0 aliphatic rings. The van der Waals surface area contributed by atoms with Gasteiger partial charge in [0.15, 0.2) is 11.6 Å². The van der Waals surface area contributed by atoms with Gasteiger partial charge in [-0.1, -0.05) is 0 Å². The first-order valence-corrected chi connectivity index (χ1v) is 4.88. The molecule has 82 valence electrons. The fraction of sp³-hybridized carbons (Fsp3) is 0.222. The van der Waals surface area contributed by atoms with Crippen LogP contribution in [0, 0.1) is 11.6 Å². The number of phenols is 1. The van der Waals surface area contributed by atoms with Crippen LogP contribution in [0.5, 0.6) is 5.75 Å². The second-order valence-corrected chi connectivity index (χ2v) is 3.64. The van der Waals surface area contributed by atoms with Crippen molar-refractivity contribution in [2.24, 2.45) is 5.73 Å². The molecule has 0 bridgehead atoms. The highest BCUT2D eigenvalue weighted by Gasteiger charge is 2.21. The predicted molar refractivity (Wildman–Crippen MR) is 53.7 cm³/mol. The fourth-order valence-corrected chi connectivity index (χ4v) is 1.42. The molecule has 0 heterocycles. The Labute approximate surface area is 93.0 Å². The van der Waals surface area contributed by atoms with Crippen LogP contribution in [0.1, 0.15) is 16.8 Å². The molecule has 1 rings (SSSR count). The maximum Gasteiger partial charge on any atom is 0.170 e. The quantitative estimate of drug-likeness (QED) is 0.657. The predicted octanol–water partition coefficient (Wildman–Crippen LogP) is 1.96. The van der Waals surface area contributed by atoms with Crippen LogP contribution in [-0.2, 0) is 0 Å². The Bertz CT molecular complexity index is 410. The Morgan fingerprint density at radius 2 is 2.13 bits per heavy atom. The van der Waals surface area contributed by atoms with E-state index < -0.39 is 33.2 Å². The van der Waals surface area contributed by atoms with Crippen molar-refractivity contribution in [1.82, 2.24) is 0 Å². The van der Waals surface area contributed by atoms with Crippen molar-refractivity contribution in [2.45, 2.75) is 6.42 Å². The fourth-order valence-electron chi connectivity index (χ4n) is 1.10. The highest BCUT2D eigenvalue weighted by molar-refractivity contribution is 9.10. The van der Waals surface area contributed by atoms with Crippen LogP contribution in [0.3, 0.4) is 0 Å². The molecule has 1 aromatic carbocycles. The van der Waals surface area contributed by atoms with Gasteiger partial charge in [-0.05, 0) is 22.5 Å². The van der Waals surface area contributed by atoms with Crippen molar-refractivity contribution in [3.8, 4) is 5.75 Å². The second kappa shape index (κ2) is 4.67. The standard InChI is InChI=1S/C9H8BrF2NO2/c10-8-4(11)3-6(15)7(9(8)12)5(14)1-2-13/h3,15H,1-2,13H2. The first-order valence-electron chi connectivity index (χ1n) is 4.08. The minimum absolute atomic E-state index is 0.0344. The summed E-state index contributed by atoms with van der Waals surface area (Å²) in [5.74, 6) is -3.44. The molecule has 3 nitrogen and oxygen atoms in total. The minimum atomic E-state index is -1.11. The number of ketones is 1. The van der Waals surface area contributed by atoms with Gasteiger partial charge in [0.2, 0.25) is 0 Å². The second-order valence-electron chi connectivity index (χ2n) is 2.84. The molecule has 6 heteroatoms.